The van der Waals surface area contributed by atoms with Gasteiger partial charge in [-0.3, -0.25) is 9.36 Å². The number of carbonyl (C=O) groups is 1. The topological polar surface area (TPSA) is 94.1 Å². The van der Waals surface area contributed by atoms with Crippen LogP contribution in [0.4, 0.5) is 0 Å². The van der Waals surface area contributed by atoms with Gasteiger partial charge in [-0.2, -0.15) is 0 Å². The number of esters is 1. The largest absolute Gasteiger partial charge is 0.756 e. The third-order valence-electron chi connectivity index (χ3n) is 11.9. The van der Waals surface area contributed by atoms with Gasteiger partial charge in [0.15, 0.2) is 0 Å². The first kappa shape index (κ1) is 59.5. The summed E-state index contributed by atoms with van der Waals surface area (Å²) in [5.41, 5.74) is 0. The minimum atomic E-state index is -4.52. The van der Waals surface area contributed by atoms with Crippen molar-refractivity contribution in [3.05, 3.63) is 0 Å². The van der Waals surface area contributed by atoms with Crippen molar-refractivity contribution in [3.63, 3.8) is 0 Å². The molecule has 0 aromatic heterocycles. The summed E-state index contributed by atoms with van der Waals surface area (Å²) >= 11 is 0. The van der Waals surface area contributed by atoms with E-state index < -0.39 is 13.9 Å². The van der Waals surface area contributed by atoms with Crippen molar-refractivity contribution in [2.24, 2.45) is 0 Å². The third kappa shape index (κ3) is 48.5. The number of hydrogen-bond donors (Lipinski definition) is 0. The summed E-state index contributed by atoms with van der Waals surface area (Å²) in [6.45, 7) is 5.50. The van der Waals surface area contributed by atoms with Crippen molar-refractivity contribution in [1.29, 1.82) is 0 Å². The van der Waals surface area contributed by atoms with E-state index in [1.165, 1.54) is 212 Å². The summed E-state index contributed by atoms with van der Waals surface area (Å²) in [6, 6.07) is 0. The molecule has 0 heterocycles. The van der Waals surface area contributed by atoms with Crippen molar-refractivity contribution in [2.75, 3.05) is 54.1 Å². The molecular formula is C51H104NO7P. The molecule has 0 rings (SSSR count). The number of quaternary nitrogens is 1. The maximum Gasteiger partial charge on any atom is 0.306 e. The fourth-order valence-electron chi connectivity index (χ4n) is 7.84. The van der Waals surface area contributed by atoms with Gasteiger partial charge in [0.2, 0.25) is 0 Å². The highest BCUT2D eigenvalue weighted by Crippen LogP contribution is 2.38. The lowest BCUT2D eigenvalue weighted by Crippen LogP contribution is -2.37. The molecule has 0 saturated carbocycles. The Hall–Kier alpha value is -0.500. The van der Waals surface area contributed by atoms with Gasteiger partial charge in [0, 0.05) is 13.0 Å². The fraction of sp³-hybridized carbons (Fsp3) is 0.980. The average molecular weight is 874 g/mol. The zero-order valence-electron chi connectivity index (χ0n) is 40.9. The summed E-state index contributed by atoms with van der Waals surface area (Å²) < 4.78 is 34.8. The lowest BCUT2D eigenvalue weighted by atomic mass is 10.0. The van der Waals surface area contributed by atoms with Crippen LogP contribution < -0.4 is 4.89 Å². The Balaban J connectivity index is 4.07. The Kier molecular flexibility index (Phi) is 44.7. The van der Waals surface area contributed by atoms with Crippen molar-refractivity contribution in [3.8, 4) is 0 Å². The highest BCUT2D eigenvalue weighted by atomic mass is 31.2. The minimum Gasteiger partial charge on any atom is -0.756 e. The van der Waals surface area contributed by atoms with Crippen LogP contribution in [-0.4, -0.2) is 70.7 Å². The van der Waals surface area contributed by atoms with E-state index in [9.17, 15) is 14.3 Å². The molecule has 0 saturated heterocycles. The number of carbonyl (C=O) groups excluding carboxylic acids is 1. The molecule has 1 unspecified atom stereocenters. The Morgan fingerprint density at radius 3 is 1.10 bits per heavy atom. The minimum absolute atomic E-state index is 0.0318. The third-order valence-corrected chi connectivity index (χ3v) is 12.9. The highest BCUT2D eigenvalue weighted by molar-refractivity contribution is 7.45. The molecule has 0 aliphatic carbocycles. The molecular weight excluding hydrogens is 770 g/mol. The van der Waals surface area contributed by atoms with E-state index in [1.807, 2.05) is 21.1 Å². The summed E-state index contributed by atoms with van der Waals surface area (Å²) in [5.74, 6) is -0.325. The highest BCUT2D eigenvalue weighted by Gasteiger charge is 2.20. The number of unbranched alkanes of at least 4 members (excludes halogenated alkanes) is 36. The molecule has 0 bridgehead atoms. The number of hydrogen-bond acceptors (Lipinski definition) is 7. The van der Waals surface area contributed by atoms with Gasteiger partial charge in [0.25, 0.3) is 7.82 Å². The molecule has 0 aromatic carbocycles. The van der Waals surface area contributed by atoms with Crippen LogP contribution in [0.15, 0.2) is 0 Å². The first-order valence-corrected chi connectivity index (χ1v) is 27.7. The Morgan fingerprint density at radius 2 is 0.767 bits per heavy atom. The number of ether oxygens (including phenoxy) is 2. The number of rotatable bonds is 50. The summed E-state index contributed by atoms with van der Waals surface area (Å²) in [7, 11) is 1.38. The first-order valence-electron chi connectivity index (χ1n) is 26.3. The Bertz CT molecular complexity index is 930. The van der Waals surface area contributed by atoms with E-state index in [0.717, 1.165) is 32.1 Å². The summed E-state index contributed by atoms with van der Waals surface area (Å²) in [4.78, 5) is 25.2. The smallest absolute Gasteiger partial charge is 0.306 e. The van der Waals surface area contributed by atoms with Crippen LogP contribution in [0.5, 0.6) is 0 Å². The van der Waals surface area contributed by atoms with Gasteiger partial charge in [0.1, 0.15) is 19.3 Å². The van der Waals surface area contributed by atoms with Gasteiger partial charge >= 0.3 is 5.97 Å². The van der Waals surface area contributed by atoms with Crippen molar-refractivity contribution in [2.45, 2.75) is 270 Å². The molecule has 0 aromatic rings. The monoisotopic (exact) mass is 874 g/mol. The first-order chi connectivity index (χ1) is 29.1. The van der Waals surface area contributed by atoms with Gasteiger partial charge in [-0.1, -0.05) is 245 Å². The van der Waals surface area contributed by atoms with Crippen molar-refractivity contribution < 1.29 is 37.3 Å². The number of nitrogens with zero attached hydrogens (tertiary/aromatic N) is 1. The van der Waals surface area contributed by atoms with E-state index in [2.05, 4.69) is 13.8 Å². The summed E-state index contributed by atoms with van der Waals surface area (Å²) in [5, 5.41) is 0. The maximum atomic E-state index is 12.7. The molecule has 0 N–H and O–H groups in total. The molecule has 2 atom stereocenters. The number of phosphoric ester groups is 1. The van der Waals surface area contributed by atoms with E-state index in [4.69, 9.17) is 18.5 Å². The maximum absolute atomic E-state index is 12.7. The van der Waals surface area contributed by atoms with E-state index in [-0.39, 0.29) is 25.8 Å². The second kappa shape index (κ2) is 45.1. The average Bonchev–Trinajstić information content (AvgIpc) is 3.20. The van der Waals surface area contributed by atoms with Crippen LogP contribution in [0.1, 0.15) is 264 Å². The van der Waals surface area contributed by atoms with Crippen molar-refractivity contribution >= 4 is 13.8 Å². The predicted octanol–water partition coefficient (Wildman–Crippen LogP) is 15.4. The van der Waals surface area contributed by atoms with Crippen LogP contribution in [0, 0.1) is 0 Å². The van der Waals surface area contributed by atoms with Crippen LogP contribution >= 0.6 is 7.82 Å². The molecule has 8 nitrogen and oxygen atoms in total. The van der Waals surface area contributed by atoms with Gasteiger partial charge in [-0.25, -0.2) is 0 Å². The Labute approximate surface area is 374 Å². The van der Waals surface area contributed by atoms with Crippen LogP contribution in [-0.2, 0) is 27.9 Å². The van der Waals surface area contributed by atoms with Crippen LogP contribution in [0.2, 0.25) is 0 Å². The molecule has 9 heteroatoms. The molecule has 0 radical (unpaired) electrons. The predicted molar refractivity (Wildman–Crippen MR) is 255 cm³/mol. The normalized spacial score (nSPS) is 13.5. The lowest BCUT2D eigenvalue weighted by Gasteiger charge is -2.28. The zero-order chi connectivity index (χ0) is 44.1. The summed E-state index contributed by atoms with van der Waals surface area (Å²) in [6.07, 6.45) is 49.8. The van der Waals surface area contributed by atoms with Gasteiger partial charge in [-0.15, -0.1) is 0 Å². The number of phosphoric acid groups is 1. The van der Waals surface area contributed by atoms with Gasteiger partial charge in [-0.05, 0) is 12.8 Å². The van der Waals surface area contributed by atoms with Crippen LogP contribution in [0.3, 0.4) is 0 Å². The zero-order valence-corrected chi connectivity index (χ0v) is 41.8. The van der Waals surface area contributed by atoms with Crippen LogP contribution in [0.25, 0.3) is 0 Å². The quantitative estimate of drug-likeness (QED) is 0.0260. The molecule has 0 fully saturated rings. The SMILES string of the molecule is CCCCCCCCCCCCCCCCCCCCCCC(=O)O[C@H](COCCCCCCCCCCCCCCCCCCCC)COP(=O)([O-])OCC[N+](C)(C)C. The Morgan fingerprint density at radius 1 is 0.450 bits per heavy atom. The molecule has 360 valence electrons. The van der Waals surface area contributed by atoms with E-state index in [0.29, 0.717) is 24.1 Å². The van der Waals surface area contributed by atoms with Gasteiger partial charge < -0.3 is 27.9 Å². The molecule has 60 heavy (non-hydrogen) atoms. The standard InChI is InChI=1S/C51H104NO7P/c1-6-8-10-12-14-16-18-20-22-24-26-27-28-30-32-34-36-38-40-42-44-51(53)59-50(49-58-60(54,55)57-47-45-52(3,4)5)48-56-46-43-41-39-37-35-33-31-29-25-23-21-19-17-15-13-11-9-7-2/h50H,6-49H2,1-5H3/t50-/m1/s1. The number of likely N-dealkylation sites (N-methyl/N-ethyl adjacent to an activating group) is 1. The van der Waals surface area contributed by atoms with E-state index in [1.54, 1.807) is 0 Å². The van der Waals surface area contributed by atoms with Crippen molar-refractivity contribution in [1.82, 2.24) is 0 Å². The molecule has 0 amide bonds. The van der Waals surface area contributed by atoms with E-state index >= 15 is 0 Å². The molecule has 0 aliphatic rings. The molecule has 0 aliphatic heterocycles. The second-order valence-corrected chi connectivity index (χ2v) is 20.7. The lowest BCUT2D eigenvalue weighted by molar-refractivity contribution is -0.870. The second-order valence-electron chi connectivity index (χ2n) is 19.3. The fourth-order valence-corrected chi connectivity index (χ4v) is 8.57. The molecule has 0 spiro atoms. The van der Waals surface area contributed by atoms with Gasteiger partial charge in [0.05, 0.1) is 34.4 Å².